The van der Waals surface area contributed by atoms with Crippen LogP contribution in [0, 0.1) is 0 Å². The quantitative estimate of drug-likeness (QED) is 0.700. The number of hydrogen-bond donors (Lipinski definition) is 1. The van der Waals surface area contributed by atoms with Gasteiger partial charge >= 0.3 is 0 Å². The van der Waals surface area contributed by atoms with Gasteiger partial charge in [-0.25, -0.2) is 0 Å². The Bertz CT molecular complexity index is 631. The first-order valence-corrected chi connectivity index (χ1v) is 9.60. The summed E-state index contributed by atoms with van der Waals surface area (Å²) in [7, 11) is -0.940. The molecule has 0 aliphatic rings. The summed E-state index contributed by atoms with van der Waals surface area (Å²) in [5.41, 5.74) is 1.25. The first kappa shape index (κ1) is 18.0. The molecule has 124 valence electrons. The fraction of sp³-hybridized carbons (Fsp3) is 0.333. The maximum absolute atomic E-state index is 11.3. The lowest BCUT2D eigenvalue weighted by Gasteiger charge is -2.08. The van der Waals surface area contributed by atoms with Gasteiger partial charge in [0.2, 0.25) is 0 Å². The Kier molecular flexibility index (Phi) is 7.59. The summed E-state index contributed by atoms with van der Waals surface area (Å²) >= 11 is 5.96. The number of halogens is 1. The zero-order valence-electron chi connectivity index (χ0n) is 13.3. The van der Waals surface area contributed by atoms with Crippen molar-refractivity contribution >= 4 is 22.4 Å². The van der Waals surface area contributed by atoms with E-state index in [2.05, 4.69) is 11.4 Å². The zero-order valence-corrected chi connectivity index (χ0v) is 14.8. The molecule has 5 heteroatoms. The van der Waals surface area contributed by atoms with Crippen molar-refractivity contribution in [3.05, 3.63) is 59.1 Å². The van der Waals surface area contributed by atoms with Crippen LogP contribution in [0.2, 0.25) is 5.02 Å². The normalized spacial score (nSPS) is 12.1. The SMILES string of the molecule is CS(=O)c1ccc(OCCCNCCc2cccc(Cl)c2)cc1. The molecule has 0 aliphatic carbocycles. The molecule has 1 unspecified atom stereocenters. The summed E-state index contributed by atoms with van der Waals surface area (Å²) in [5.74, 6) is 0.818. The van der Waals surface area contributed by atoms with Crippen LogP contribution in [-0.2, 0) is 17.2 Å². The minimum absolute atomic E-state index is 0.665. The highest BCUT2D eigenvalue weighted by molar-refractivity contribution is 7.84. The second kappa shape index (κ2) is 9.71. The Morgan fingerprint density at radius 2 is 1.91 bits per heavy atom. The monoisotopic (exact) mass is 351 g/mol. The van der Waals surface area contributed by atoms with Crippen LogP contribution in [0.3, 0.4) is 0 Å². The first-order valence-electron chi connectivity index (χ1n) is 7.66. The number of ether oxygens (including phenoxy) is 1. The molecule has 2 rings (SSSR count). The van der Waals surface area contributed by atoms with Crippen molar-refractivity contribution in [3.8, 4) is 5.75 Å². The lowest BCUT2D eigenvalue weighted by atomic mass is 10.1. The molecule has 1 N–H and O–H groups in total. The van der Waals surface area contributed by atoms with Gasteiger partial charge in [-0.05, 0) is 67.9 Å². The maximum Gasteiger partial charge on any atom is 0.119 e. The van der Waals surface area contributed by atoms with Crippen molar-refractivity contribution in [1.29, 1.82) is 0 Å². The van der Waals surface area contributed by atoms with Gasteiger partial charge in [-0.15, -0.1) is 0 Å². The summed E-state index contributed by atoms with van der Waals surface area (Å²) < 4.78 is 17.0. The van der Waals surface area contributed by atoms with Crippen LogP contribution in [0.5, 0.6) is 5.75 Å². The smallest absolute Gasteiger partial charge is 0.119 e. The van der Waals surface area contributed by atoms with Crippen molar-refractivity contribution < 1.29 is 8.95 Å². The maximum atomic E-state index is 11.3. The molecular weight excluding hydrogens is 330 g/mol. The Morgan fingerprint density at radius 3 is 2.61 bits per heavy atom. The van der Waals surface area contributed by atoms with Gasteiger partial charge < -0.3 is 10.1 Å². The van der Waals surface area contributed by atoms with E-state index in [1.165, 1.54) is 5.56 Å². The predicted octanol–water partition coefficient (Wildman–Crippen LogP) is 3.68. The average Bonchev–Trinajstić information content (AvgIpc) is 2.54. The van der Waals surface area contributed by atoms with E-state index < -0.39 is 10.8 Å². The van der Waals surface area contributed by atoms with Crippen LogP contribution in [-0.4, -0.2) is 30.2 Å². The second-order valence-electron chi connectivity index (χ2n) is 5.26. The van der Waals surface area contributed by atoms with Crippen molar-refractivity contribution in [3.63, 3.8) is 0 Å². The molecule has 3 nitrogen and oxygen atoms in total. The third-order valence-electron chi connectivity index (χ3n) is 3.40. The van der Waals surface area contributed by atoms with Gasteiger partial charge in [-0.2, -0.15) is 0 Å². The molecule has 0 bridgehead atoms. The minimum atomic E-state index is -0.940. The summed E-state index contributed by atoms with van der Waals surface area (Å²) in [4.78, 5) is 0.819. The fourth-order valence-corrected chi connectivity index (χ4v) is 2.90. The van der Waals surface area contributed by atoms with Gasteiger partial charge in [-0.3, -0.25) is 4.21 Å². The van der Waals surface area contributed by atoms with Gasteiger partial charge in [-0.1, -0.05) is 23.7 Å². The molecule has 0 fully saturated rings. The van der Waals surface area contributed by atoms with E-state index in [4.69, 9.17) is 16.3 Å². The first-order chi connectivity index (χ1) is 11.1. The highest BCUT2D eigenvalue weighted by Crippen LogP contribution is 2.14. The standard InChI is InChI=1S/C18H22ClNO2S/c1-23(21)18-8-6-17(7-9-18)22-13-3-11-20-12-10-15-4-2-5-16(19)14-15/h2,4-9,14,20H,3,10-13H2,1H3. The van der Waals surface area contributed by atoms with E-state index in [-0.39, 0.29) is 0 Å². The molecule has 0 heterocycles. The highest BCUT2D eigenvalue weighted by atomic mass is 35.5. The Hall–Kier alpha value is -1.36. The van der Waals surface area contributed by atoms with Crippen molar-refractivity contribution in [2.24, 2.45) is 0 Å². The topological polar surface area (TPSA) is 38.3 Å². The molecule has 23 heavy (non-hydrogen) atoms. The number of benzene rings is 2. The van der Waals surface area contributed by atoms with E-state index in [1.54, 1.807) is 6.26 Å². The molecule has 0 radical (unpaired) electrons. The van der Waals surface area contributed by atoms with Crippen LogP contribution in [0.15, 0.2) is 53.4 Å². The Morgan fingerprint density at radius 1 is 1.13 bits per heavy atom. The van der Waals surface area contributed by atoms with Crippen molar-refractivity contribution in [2.75, 3.05) is 26.0 Å². The highest BCUT2D eigenvalue weighted by Gasteiger charge is 1.99. The molecule has 0 spiro atoms. The van der Waals surface area contributed by atoms with Gasteiger partial charge in [0, 0.05) is 27.0 Å². The molecule has 0 saturated heterocycles. The second-order valence-corrected chi connectivity index (χ2v) is 7.07. The van der Waals surface area contributed by atoms with Gasteiger partial charge in [0.05, 0.1) is 6.61 Å². The summed E-state index contributed by atoms with van der Waals surface area (Å²) in [6, 6.07) is 15.4. The number of hydrogen-bond acceptors (Lipinski definition) is 3. The lowest BCUT2D eigenvalue weighted by Crippen LogP contribution is -2.20. The van der Waals surface area contributed by atoms with Crippen LogP contribution in [0.1, 0.15) is 12.0 Å². The molecule has 0 aromatic heterocycles. The fourth-order valence-electron chi connectivity index (χ4n) is 2.16. The van der Waals surface area contributed by atoms with Crippen LogP contribution < -0.4 is 10.1 Å². The van der Waals surface area contributed by atoms with Crippen LogP contribution >= 0.6 is 11.6 Å². The molecule has 2 aromatic rings. The summed E-state index contributed by atoms with van der Waals surface area (Å²) in [5, 5.41) is 4.19. The largest absolute Gasteiger partial charge is 0.494 e. The third-order valence-corrected chi connectivity index (χ3v) is 4.57. The van der Waals surface area contributed by atoms with Crippen LogP contribution in [0.4, 0.5) is 0 Å². The van der Waals surface area contributed by atoms with Crippen molar-refractivity contribution in [2.45, 2.75) is 17.7 Å². The minimum Gasteiger partial charge on any atom is -0.494 e. The van der Waals surface area contributed by atoms with E-state index in [1.807, 2.05) is 42.5 Å². The van der Waals surface area contributed by atoms with E-state index in [0.29, 0.717) is 6.61 Å². The number of rotatable bonds is 9. The molecule has 0 amide bonds. The van der Waals surface area contributed by atoms with Gasteiger partial charge in [0.25, 0.3) is 0 Å². The van der Waals surface area contributed by atoms with E-state index in [0.717, 1.165) is 41.6 Å². The van der Waals surface area contributed by atoms with Crippen molar-refractivity contribution in [1.82, 2.24) is 5.32 Å². The van der Waals surface area contributed by atoms with E-state index >= 15 is 0 Å². The predicted molar refractivity (Wildman–Crippen MR) is 96.9 cm³/mol. The number of nitrogens with one attached hydrogen (secondary N) is 1. The molecule has 1 atom stereocenters. The van der Waals surface area contributed by atoms with Gasteiger partial charge in [0.1, 0.15) is 5.75 Å². The lowest BCUT2D eigenvalue weighted by molar-refractivity contribution is 0.308. The van der Waals surface area contributed by atoms with Gasteiger partial charge in [0.15, 0.2) is 0 Å². The summed E-state index contributed by atoms with van der Waals surface area (Å²) in [6.07, 6.45) is 3.58. The Balaban J connectivity index is 1.56. The molecule has 2 aromatic carbocycles. The summed E-state index contributed by atoms with van der Waals surface area (Å²) in [6.45, 7) is 2.51. The molecular formula is C18H22ClNO2S. The van der Waals surface area contributed by atoms with Crippen LogP contribution in [0.25, 0.3) is 0 Å². The average molecular weight is 352 g/mol. The Labute approximate surface area is 145 Å². The zero-order chi connectivity index (χ0) is 16.5. The molecule has 0 aliphatic heterocycles. The third kappa shape index (κ3) is 6.73. The molecule has 0 saturated carbocycles. The van der Waals surface area contributed by atoms with E-state index in [9.17, 15) is 4.21 Å².